The number of piperazine rings is 1. The summed E-state index contributed by atoms with van der Waals surface area (Å²) in [6.07, 6.45) is -3.91. The van der Waals surface area contributed by atoms with Crippen molar-refractivity contribution in [3.63, 3.8) is 0 Å². The zero-order valence-corrected chi connectivity index (χ0v) is 18.8. The molecule has 2 aromatic rings. The van der Waals surface area contributed by atoms with Crippen LogP contribution in [0.1, 0.15) is 59.8 Å². The molecule has 0 bridgehead atoms. The fraction of sp³-hybridized carbons (Fsp3) is 0.591. The van der Waals surface area contributed by atoms with Gasteiger partial charge in [-0.1, -0.05) is 24.4 Å². The van der Waals surface area contributed by atoms with Crippen molar-refractivity contribution in [1.82, 2.24) is 19.4 Å². The molecule has 0 spiro atoms. The second-order valence-electron chi connectivity index (χ2n) is 9.30. The van der Waals surface area contributed by atoms with E-state index in [2.05, 4.69) is 5.10 Å². The van der Waals surface area contributed by atoms with Crippen LogP contribution < -0.4 is 0 Å². The van der Waals surface area contributed by atoms with Gasteiger partial charge in [0.05, 0.1) is 16.6 Å². The van der Waals surface area contributed by atoms with Gasteiger partial charge in [0.25, 0.3) is 12.3 Å². The fourth-order valence-corrected chi connectivity index (χ4v) is 4.80. The molecule has 0 aromatic carbocycles. The zero-order chi connectivity index (χ0) is 24.4. The third kappa shape index (κ3) is 4.34. The molecule has 0 N–H and O–H groups in total. The highest BCUT2D eigenvalue weighted by Crippen LogP contribution is 2.43. The van der Waals surface area contributed by atoms with E-state index in [0.717, 1.165) is 41.5 Å². The van der Waals surface area contributed by atoms with E-state index >= 15 is 0 Å². The monoisotopic (exact) mass is 504 g/mol. The summed E-state index contributed by atoms with van der Waals surface area (Å²) in [4.78, 5) is 28.0. The summed E-state index contributed by atoms with van der Waals surface area (Å²) in [5, 5.41) is 3.63. The number of carbonyl (C=O) groups is 2. The Morgan fingerprint density at radius 1 is 1.15 bits per heavy atom. The Kier molecular flexibility index (Phi) is 5.73. The Balaban J connectivity index is 1.40. The fourth-order valence-electron chi connectivity index (χ4n) is 4.55. The number of nitrogens with zero attached hydrogens (tertiary/aromatic N) is 4. The molecular weight excluding hydrogens is 483 g/mol. The summed E-state index contributed by atoms with van der Waals surface area (Å²) >= 11 is 6.32. The highest BCUT2D eigenvalue weighted by molar-refractivity contribution is 6.36. The zero-order valence-electron chi connectivity index (χ0n) is 18.0. The first kappa shape index (κ1) is 23.3. The Morgan fingerprint density at radius 3 is 2.41 bits per heavy atom. The maximum Gasteiger partial charge on any atom is 0.433 e. The predicted molar refractivity (Wildman–Crippen MR) is 112 cm³/mol. The number of carbonyl (C=O) groups excluding carboxylic acids is 2. The van der Waals surface area contributed by atoms with E-state index in [4.69, 9.17) is 11.6 Å². The van der Waals surface area contributed by atoms with E-state index < -0.39 is 48.4 Å². The normalized spacial score (nSPS) is 20.5. The van der Waals surface area contributed by atoms with Crippen LogP contribution in [0.4, 0.5) is 22.0 Å². The molecule has 3 aliphatic rings. The van der Waals surface area contributed by atoms with Crippen molar-refractivity contribution in [3.8, 4) is 0 Å². The number of amides is 2. The van der Waals surface area contributed by atoms with Gasteiger partial charge in [-0.3, -0.25) is 9.59 Å². The SMILES string of the molecule is O=C(c1nn2c(C(F)(F)F)cc(C3CC3)cc2c1Cl)N1CCN(C(CC2CC2)C(F)F)C(=O)C1. The molecule has 2 aromatic heterocycles. The second-order valence-corrected chi connectivity index (χ2v) is 9.68. The van der Waals surface area contributed by atoms with Gasteiger partial charge in [0.1, 0.15) is 12.2 Å². The minimum absolute atomic E-state index is 0.0142. The smallest absolute Gasteiger partial charge is 0.331 e. The summed E-state index contributed by atoms with van der Waals surface area (Å²) in [6.45, 7) is -0.588. The third-order valence-electron chi connectivity index (χ3n) is 6.75. The average molecular weight is 505 g/mol. The molecule has 0 radical (unpaired) electrons. The molecule has 184 valence electrons. The minimum Gasteiger partial charge on any atom is -0.331 e. The van der Waals surface area contributed by atoms with E-state index in [1.165, 1.54) is 6.07 Å². The second kappa shape index (κ2) is 8.35. The molecule has 2 amide bonds. The number of hydrogen-bond acceptors (Lipinski definition) is 3. The number of alkyl halides is 5. The highest BCUT2D eigenvalue weighted by Gasteiger charge is 2.41. The van der Waals surface area contributed by atoms with Crippen molar-refractivity contribution in [1.29, 1.82) is 0 Å². The van der Waals surface area contributed by atoms with Crippen molar-refractivity contribution in [3.05, 3.63) is 34.1 Å². The van der Waals surface area contributed by atoms with Crippen LogP contribution in [0.2, 0.25) is 5.02 Å². The minimum atomic E-state index is -4.72. The van der Waals surface area contributed by atoms with Crippen molar-refractivity contribution >= 4 is 28.9 Å². The lowest BCUT2D eigenvalue weighted by molar-refractivity contribution is -0.143. The van der Waals surface area contributed by atoms with Crippen LogP contribution in [-0.4, -0.2) is 63.3 Å². The van der Waals surface area contributed by atoms with Gasteiger partial charge < -0.3 is 9.80 Å². The van der Waals surface area contributed by atoms with Crippen LogP contribution in [-0.2, 0) is 11.0 Å². The van der Waals surface area contributed by atoms with Gasteiger partial charge in [-0.05, 0) is 48.8 Å². The molecule has 6 nitrogen and oxygen atoms in total. The number of rotatable bonds is 6. The van der Waals surface area contributed by atoms with Crippen molar-refractivity contribution in [2.75, 3.05) is 19.6 Å². The molecule has 12 heteroatoms. The molecule has 3 fully saturated rings. The van der Waals surface area contributed by atoms with Gasteiger partial charge in [-0.2, -0.15) is 18.3 Å². The predicted octanol–water partition coefficient (Wildman–Crippen LogP) is 4.60. The quantitative estimate of drug-likeness (QED) is 0.540. The van der Waals surface area contributed by atoms with E-state index in [1.54, 1.807) is 0 Å². The van der Waals surface area contributed by atoms with E-state index in [9.17, 15) is 31.5 Å². The Hall–Kier alpha value is -2.43. The lowest BCUT2D eigenvalue weighted by Gasteiger charge is -2.38. The van der Waals surface area contributed by atoms with Crippen LogP contribution in [0.15, 0.2) is 12.1 Å². The lowest BCUT2D eigenvalue weighted by Crippen LogP contribution is -2.57. The molecular formula is C22H22ClF5N4O2. The molecule has 2 saturated carbocycles. The van der Waals surface area contributed by atoms with Gasteiger partial charge in [-0.15, -0.1) is 0 Å². The standard InChI is InChI=1S/C22H22ClF5N4O2/c23-18-14-8-13(12-3-4-12)9-16(22(26,27)28)32(14)29-19(18)21(34)30-5-6-31(17(33)10-30)15(20(24)25)7-11-1-2-11/h8-9,11-12,15,20H,1-7,10H2. The molecule has 1 saturated heterocycles. The average Bonchev–Trinajstić information content (AvgIpc) is 3.69. The molecule has 1 unspecified atom stereocenters. The number of aromatic nitrogens is 2. The van der Waals surface area contributed by atoms with Crippen LogP contribution >= 0.6 is 11.6 Å². The topological polar surface area (TPSA) is 57.9 Å². The Labute approximate surface area is 196 Å². The van der Waals surface area contributed by atoms with E-state index in [1.807, 2.05) is 0 Å². The molecule has 34 heavy (non-hydrogen) atoms. The summed E-state index contributed by atoms with van der Waals surface area (Å²) in [6, 6.07) is 1.33. The molecule has 5 rings (SSSR count). The molecule has 3 heterocycles. The van der Waals surface area contributed by atoms with Gasteiger partial charge in [0, 0.05) is 13.1 Å². The summed E-state index contributed by atoms with van der Waals surface area (Å²) in [7, 11) is 0. The van der Waals surface area contributed by atoms with Crippen LogP contribution in [0, 0.1) is 5.92 Å². The summed E-state index contributed by atoms with van der Waals surface area (Å²) < 4.78 is 68.8. The summed E-state index contributed by atoms with van der Waals surface area (Å²) in [5.74, 6) is -1.23. The van der Waals surface area contributed by atoms with Gasteiger partial charge >= 0.3 is 6.18 Å². The maximum atomic E-state index is 13.7. The first-order valence-corrected chi connectivity index (χ1v) is 11.6. The van der Waals surface area contributed by atoms with Crippen LogP contribution in [0.5, 0.6) is 0 Å². The Bertz CT molecular complexity index is 1140. The van der Waals surface area contributed by atoms with Crippen molar-refractivity contribution in [2.24, 2.45) is 5.92 Å². The molecule has 1 atom stereocenters. The van der Waals surface area contributed by atoms with Gasteiger partial charge in [-0.25, -0.2) is 13.3 Å². The first-order chi connectivity index (χ1) is 16.0. The number of fused-ring (bicyclic) bond motifs is 1. The summed E-state index contributed by atoms with van der Waals surface area (Å²) in [5.41, 5.74) is -0.981. The van der Waals surface area contributed by atoms with Crippen LogP contribution in [0.3, 0.4) is 0 Å². The first-order valence-electron chi connectivity index (χ1n) is 11.2. The van der Waals surface area contributed by atoms with E-state index in [-0.39, 0.29) is 41.9 Å². The Morgan fingerprint density at radius 2 is 1.85 bits per heavy atom. The van der Waals surface area contributed by atoms with Gasteiger partial charge in [0.15, 0.2) is 5.69 Å². The number of hydrogen-bond donors (Lipinski definition) is 0. The number of halogens is 6. The van der Waals surface area contributed by atoms with Crippen LogP contribution in [0.25, 0.3) is 5.52 Å². The highest BCUT2D eigenvalue weighted by atomic mass is 35.5. The lowest BCUT2D eigenvalue weighted by atomic mass is 10.1. The largest absolute Gasteiger partial charge is 0.433 e. The van der Waals surface area contributed by atoms with Crippen molar-refractivity contribution < 1.29 is 31.5 Å². The van der Waals surface area contributed by atoms with Gasteiger partial charge in [0.2, 0.25) is 5.91 Å². The molecule has 2 aliphatic carbocycles. The number of pyridine rings is 1. The molecule has 1 aliphatic heterocycles. The maximum absolute atomic E-state index is 13.7. The third-order valence-corrected chi connectivity index (χ3v) is 7.12. The van der Waals surface area contributed by atoms with E-state index in [0.29, 0.717) is 10.1 Å². The van der Waals surface area contributed by atoms with Crippen molar-refractivity contribution in [2.45, 2.75) is 56.7 Å².